The zero-order valence-corrected chi connectivity index (χ0v) is 13.4. The van der Waals surface area contributed by atoms with Crippen LogP contribution in [0.5, 0.6) is 17.2 Å². The first kappa shape index (κ1) is 15.4. The minimum absolute atomic E-state index is 0.0242. The Morgan fingerprint density at radius 3 is 2.10 bits per heavy atom. The van der Waals surface area contributed by atoms with Gasteiger partial charge in [-0.05, 0) is 36.1 Å². The molecule has 1 heterocycles. The van der Waals surface area contributed by atoms with Gasteiger partial charge in [-0.25, -0.2) is 0 Å². The van der Waals surface area contributed by atoms with Crippen molar-refractivity contribution < 1.29 is 19.0 Å². The number of carbonyl (C=O) groups excluding carboxylic acids is 1. The highest BCUT2D eigenvalue weighted by Gasteiger charge is 2.17. The van der Waals surface area contributed by atoms with Crippen LogP contribution in [-0.4, -0.2) is 27.1 Å². The number of Topliss-reactive ketones (excluding diaryl/α,β-unsaturated/α-hetero) is 1. The third-order valence-electron chi connectivity index (χ3n) is 3.11. The molecular weight excluding hydrogens is 288 g/mol. The molecule has 2 aromatic rings. The summed E-state index contributed by atoms with van der Waals surface area (Å²) >= 11 is 1.59. The molecule has 0 saturated heterocycles. The molecule has 5 heteroatoms. The molecule has 0 radical (unpaired) electrons. The van der Waals surface area contributed by atoms with Crippen molar-refractivity contribution in [3.8, 4) is 17.2 Å². The van der Waals surface area contributed by atoms with E-state index in [0.717, 1.165) is 4.88 Å². The fourth-order valence-electron chi connectivity index (χ4n) is 2.09. The van der Waals surface area contributed by atoms with Gasteiger partial charge in [-0.2, -0.15) is 0 Å². The van der Waals surface area contributed by atoms with Crippen LogP contribution in [0.1, 0.15) is 20.8 Å². The molecule has 21 heavy (non-hydrogen) atoms. The molecule has 1 aromatic carbocycles. The first-order valence-corrected chi connectivity index (χ1v) is 7.34. The van der Waals surface area contributed by atoms with Gasteiger partial charge in [-0.15, -0.1) is 11.3 Å². The highest BCUT2D eigenvalue weighted by Crippen LogP contribution is 2.38. The third-order valence-corrected chi connectivity index (χ3v) is 4.16. The molecule has 0 aliphatic carbocycles. The zero-order valence-electron chi connectivity index (χ0n) is 12.6. The van der Waals surface area contributed by atoms with Gasteiger partial charge in [0.15, 0.2) is 17.3 Å². The minimum atomic E-state index is 0.0242. The van der Waals surface area contributed by atoms with Crippen molar-refractivity contribution in [3.05, 3.63) is 39.6 Å². The van der Waals surface area contributed by atoms with E-state index in [2.05, 4.69) is 0 Å². The van der Waals surface area contributed by atoms with Crippen LogP contribution in [0, 0.1) is 6.92 Å². The summed E-state index contributed by atoms with van der Waals surface area (Å²) in [5.74, 6) is 1.49. The SMILES string of the molecule is COc1cc(C(=O)Cc2cc(C)cs2)cc(OC)c1OC. The lowest BCUT2D eigenvalue weighted by Crippen LogP contribution is -2.04. The summed E-state index contributed by atoms with van der Waals surface area (Å²) in [4.78, 5) is 13.5. The van der Waals surface area contributed by atoms with E-state index in [1.165, 1.54) is 26.9 Å². The molecule has 0 aliphatic rings. The van der Waals surface area contributed by atoms with Gasteiger partial charge in [0.1, 0.15) is 0 Å². The standard InChI is InChI=1S/C16H18O4S/c1-10-5-12(21-9-10)8-13(17)11-6-14(18-2)16(20-4)15(7-11)19-3/h5-7,9H,8H2,1-4H3. The molecular formula is C16H18O4S. The van der Waals surface area contributed by atoms with Gasteiger partial charge < -0.3 is 14.2 Å². The molecule has 0 bridgehead atoms. The second kappa shape index (κ2) is 6.63. The van der Waals surface area contributed by atoms with Crippen LogP contribution in [0.15, 0.2) is 23.6 Å². The Balaban J connectivity index is 2.32. The minimum Gasteiger partial charge on any atom is -0.493 e. The van der Waals surface area contributed by atoms with Crippen molar-refractivity contribution in [1.82, 2.24) is 0 Å². The third kappa shape index (κ3) is 3.36. The summed E-state index contributed by atoms with van der Waals surface area (Å²) in [6.45, 7) is 2.02. The summed E-state index contributed by atoms with van der Waals surface area (Å²) in [7, 11) is 4.61. The molecule has 112 valence electrons. The number of benzene rings is 1. The number of carbonyl (C=O) groups is 1. The molecule has 4 nitrogen and oxygen atoms in total. The van der Waals surface area contributed by atoms with Crippen molar-refractivity contribution in [3.63, 3.8) is 0 Å². The quantitative estimate of drug-likeness (QED) is 0.766. The van der Waals surface area contributed by atoms with Crippen molar-refractivity contribution >= 4 is 17.1 Å². The molecule has 0 aliphatic heterocycles. The van der Waals surface area contributed by atoms with Crippen LogP contribution >= 0.6 is 11.3 Å². The predicted octanol–water partition coefficient (Wildman–Crippen LogP) is 3.51. The fourth-order valence-corrected chi connectivity index (χ4v) is 2.96. The Kier molecular flexibility index (Phi) is 4.85. The number of rotatable bonds is 6. The zero-order chi connectivity index (χ0) is 15.4. The van der Waals surface area contributed by atoms with Crippen LogP contribution in [-0.2, 0) is 6.42 Å². The summed E-state index contributed by atoms with van der Waals surface area (Å²) in [5.41, 5.74) is 1.73. The maximum Gasteiger partial charge on any atom is 0.203 e. The van der Waals surface area contributed by atoms with Crippen molar-refractivity contribution in [1.29, 1.82) is 0 Å². The predicted molar refractivity (Wildman–Crippen MR) is 83.2 cm³/mol. The number of methoxy groups -OCH3 is 3. The number of aryl methyl sites for hydroxylation is 1. The van der Waals surface area contributed by atoms with Gasteiger partial charge in [-0.3, -0.25) is 4.79 Å². The highest BCUT2D eigenvalue weighted by molar-refractivity contribution is 7.10. The average molecular weight is 306 g/mol. The monoisotopic (exact) mass is 306 g/mol. The number of ketones is 1. The molecule has 0 N–H and O–H groups in total. The van der Waals surface area contributed by atoms with Crippen LogP contribution in [0.25, 0.3) is 0 Å². The lowest BCUT2D eigenvalue weighted by Gasteiger charge is -2.13. The fraction of sp³-hybridized carbons (Fsp3) is 0.312. The Labute approximate surface area is 128 Å². The number of hydrogen-bond donors (Lipinski definition) is 0. The summed E-state index contributed by atoms with van der Waals surface area (Å²) in [5, 5.41) is 2.04. The molecule has 0 amide bonds. The highest BCUT2D eigenvalue weighted by atomic mass is 32.1. The van der Waals surface area contributed by atoms with Crippen LogP contribution in [0.4, 0.5) is 0 Å². The molecule has 0 saturated carbocycles. The largest absolute Gasteiger partial charge is 0.493 e. The molecule has 0 unspecified atom stereocenters. The van der Waals surface area contributed by atoms with Crippen LogP contribution in [0.2, 0.25) is 0 Å². The Bertz CT molecular complexity index is 620. The maximum atomic E-state index is 12.4. The second-order valence-electron chi connectivity index (χ2n) is 4.60. The van der Waals surface area contributed by atoms with E-state index in [4.69, 9.17) is 14.2 Å². The second-order valence-corrected chi connectivity index (χ2v) is 5.60. The number of ether oxygens (including phenoxy) is 3. The molecule has 2 rings (SSSR count). The van der Waals surface area contributed by atoms with Crippen LogP contribution in [0.3, 0.4) is 0 Å². The topological polar surface area (TPSA) is 44.8 Å². The lowest BCUT2D eigenvalue weighted by atomic mass is 10.1. The molecule has 0 fully saturated rings. The van der Waals surface area contributed by atoms with Crippen LogP contribution < -0.4 is 14.2 Å². The number of thiophene rings is 1. The summed E-state index contributed by atoms with van der Waals surface area (Å²) in [6, 6.07) is 5.40. The normalized spacial score (nSPS) is 10.3. The summed E-state index contributed by atoms with van der Waals surface area (Å²) < 4.78 is 15.8. The first-order valence-electron chi connectivity index (χ1n) is 6.46. The Morgan fingerprint density at radius 2 is 1.67 bits per heavy atom. The van der Waals surface area contributed by atoms with Gasteiger partial charge in [0.25, 0.3) is 0 Å². The Hall–Kier alpha value is -2.01. The average Bonchev–Trinajstić information content (AvgIpc) is 2.90. The van der Waals surface area contributed by atoms with E-state index in [0.29, 0.717) is 29.2 Å². The van der Waals surface area contributed by atoms with E-state index in [-0.39, 0.29) is 5.78 Å². The van der Waals surface area contributed by atoms with Gasteiger partial charge in [0, 0.05) is 16.9 Å². The molecule has 0 atom stereocenters. The summed E-state index contributed by atoms with van der Waals surface area (Å²) in [6.07, 6.45) is 0.372. The first-order chi connectivity index (χ1) is 10.1. The van der Waals surface area contributed by atoms with Gasteiger partial charge in [-0.1, -0.05) is 0 Å². The van der Waals surface area contributed by atoms with Crippen molar-refractivity contribution in [2.45, 2.75) is 13.3 Å². The molecule has 1 aromatic heterocycles. The van der Waals surface area contributed by atoms with Gasteiger partial charge in [0.2, 0.25) is 5.75 Å². The Morgan fingerprint density at radius 1 is 1.05 bits per heavy atom. The van der Waals surface area contributed by atoms with E-state index in [1.54, 1.807) is 23.5 Å². The van der Waals surface area contributed by atoms with E-state index >= 15 is 0 Å². The van der Waals surface area contributed by atoms with Gasteiger partial charge >= 0.3 is 0 Å². The number of hydrogen-bond acceptors (Lipinski definition) is 5. The molecule has 0 spiro atoms. The van der Waals surface area contributed by atoms with E-state index in [9.17, 15) is 4.79 Å². The van der Waals surface area contributed by atoms with E-state index in [1.807, 2.05) is 18.4 Å². The smallest absolute Gasteiger partial charge is 0.203 e. The van der Waals surface area contributed by atoms with Crippen molar-refractivity contribution in [2.24, 2.45) is 0 Å². The maximum absolute atomic E-state index is 12.4. The van der Waals surface area contributed by atoms with Crippen molar-refractivity contribution in [2.75, 3.05) is 21.3 Å². The lowest BCUT2D eigenvalue weighted by molar-refractivity contribution is 0.0993. The van der Waals surface area contributed by atoms with E-state index < -0.39 is 0 Å². The van der Waals surface area contributed by atoms with Gasteiger partial charge in [0.05, 0.1) is 21.3 Å².